The van der Waals surface area contributed by atoms with E-state index in [9.17, 15) is 0 Å². The molecule has 2 aromatic carbocycles. The molecule has 2 heteroatoms. The van der Waals surface area contributed by atoms with Crippen LogP contribution in [0.2, 0.25) is 0 Å². The first kappa shape index (κ1) is 12.2. The van der Waals surface area contributed by atoms with Crippen molar-refractivity contribution in [2.24, 2.45) is 5.73 Å². The van der Waals surface area contributed by atoms with E-state index >= 15 is 0 Å². The van der Waals surface area contributed by atoms with Crippen molar-refractivity contribution in [2.45, 2.75) is 25.3 Å². The van der Waals surface area contributed by atoms with E-state index in [-0.39, 0.29) is 0 Å². The van der Waals surface area contributed by atoms with Crippen LogP contribution in [0.3, 0.4) is 0 Å². The van der Waals surface area contributed by atoms with Gasteiger partial charge in [0, 0.05) is 5.56 Å². The van der Waals surface area contributed by atoms with Gasteiger partial charge < -0.3 is 10.5 Å². The highest BCUT2D eigenvalue weighted by atomic mass is 16.5. The van der Waals surface area contributed by atoms with Gasteiger partial charge in [0.2, 0.25) is 0 Å². The van der Waals surface area contributed by atoms with Crippen LogP contribution >= 0.6 is 0 Å². The maximum absolute atomic E-state index is 6.60. The normalized spacial score (nSPS) is 17.2. The minimum absolute atomic E-state index is 0.524. The molecule has 1 atom stereocenters. The molecule has 0 spiro atoms. The Kier molecular flexibility index (Phi) is 3.03. The third kappa shape index (κ3) is 2.13. The molecule has 0 aromatic heterocycles. The van der Waals surface area contributed by atoms with Crippen LogP contribution in [0.4, 0.5) is 0 Å². The molecule has 0 saturated carbocycles. The smallest absolute Gasteiger partial charge is 0.127 e. The molecule has 98 valence electrons. The van der Waals surface area contributed by atoms with Gasteiger partial charge in [0.15, 0.2) is 0 Å². The van der Waals surface area contributed by atoms with Gasteiger partial charge in [0.1, 0.15) is 5.75 Å². The summed E-state index contributed by atoms with van der Waals surface area (Å²) in [6, 6.07) is 16.5. The number of nitrogens with two attached hydrogens (primary N) is 1. The van der Waals surface area contributed by atoms with Crippen molar-refractivity contribution in [2.75, 3.05) is 6.61 Å². The largest absolute Gasteiger partial charge is 0.493 e. The van der Waals surface area contributed by atoms with Gasteiger partial charge in [-0.15, -0.1) is 0 Å². The van der Waals surface area contributed by atoms with Crippen LogP contribution in [0.25, 0.3) is 0 Å². The Hall–Kier alpha value is -1.80. The number of hydrogen-bond acceptors (Lipinski definition) is 2. The van der Waals surface area contributed by atoms with E-state index in [1.807, 2.05) is 18.2 Å². The van der Waals surface area contributed by atoms with Crippen LogP contribution in [0.5, 0.6) is 5.75 Å². The molecular weight excluding hydrogens is 234 g/mol. The summed E-state index contributed by atoms with van der Waals surface area (Å²) in [7, 11) is 0. The number of aryl methyl sites for hydroxylation is 1. The Balaban J connectivity index is 2.11. The lowest BCUT2D eigenvalue weighted by molar-refractivity contribution is 0.280. The molecule has 19 heavy (non-hydrogen) atoms. The maximum atomic E-state index is 6.60. The number of hydrogen-bond donors (Lipinski definition) is 1. The second-order valence-corrected chi connectivity index (χ2v) is 5.31. The van der Waals surface area contributed by atoms with Crippen molar-refractivity contribution in [1.29, 1.82) is 0 Å². The molecular formula is C17H19NO. The van der Waals surface area contributed by atoms with Crippen molar-refractivity contribution < 1.29 is 4.74 Å². The number of para-hydroxylation sites is 1. The van der Waals surface area contributed by atoms with E-state index in [0.717, 1.165) is 36.3 Å². The number of rotatable bonds is 2. The minimum atomic E-state index is -0.524. The van der Waals surface area contributed by atoms with Gasteiger partial charge in [-0.2, -0.15) is 0 Å². The average molecular weight is 253 g/mol. The van der Waals surface area contributed by atoms with Crippen LogP contribution in [-0.2, 0) is 12.0 Å². The third-order valence-electron chi connectivity index (χ3n) is 3.87. The second-order valence-electron chi connectivity index (χ2n) is 5.31. The summed E-state index contributed by atoms with van der Waals surface area (Å²) in [5, 5.41) is 0. The van der Waals surface area contributed by atoms with E-state index in [1.165, 1.54) is 5.56 Å². The number of ether oxygens (including phenoxy) is 1. The predicted octanol–water partition coefficient (Wildman–Crippen LogP) is 3.23. The topological polar surface area (TPSA) is 35.2 Å². The van der Waals surface area contributed by atoms with Gasteiger partial charge in [-0.1, -0.05) is 48.5 Å². The summed E-state index contributed by atoms with van der Waals surface area (Å²) in [6.45, 7) is 2.84. The number of fused-ring (bicyclic) bond motifs is 1. The lowest BCUT2D eigenvalue weighted by atomic mass is 9.83. The molecule has 2 N–H and O–H groups in total. The number of benzene rings is 2. The molecule has 1 aliphatic rings. The molecule has 0 fully saturated rings. The average Bonchev–Trinajstić information content (AvgIpc) is 2.47. The zero-order valence-electron chi connectivity index (χ0n) is 11.2. The Bertz CT molecular complexity index is 575. The SMILES string of the molecule is CC(N)(c1ccccc1)c1cccc2c1OCCC2. The first-order valence-electron chi connectivity index (χ1n) is 6.79. The van der Waals surface area contributed by atoms with Crippen molar-refractivity contribution >= 4 is 0 Å². The first-order valence-corrected chi connectivity index (χ1v) is 6.79. The first-order chi connectivity index (χ1) is 9.19. The Morgan fingerprint density at radius 1 is 1.05 bits per heavy atom. The van der Waals surface area contributed by atoms with Gasteiger partial charge in [-0.05, 0) is 30.9 Å². The lowest BCUT2D eigenvalue weighted by Gasteiger charge is -2.30. The van der Waals surface area contributed by atoms with Gasteiger partial charge in [0.05, 0.1) is 12.1 Å². The molecule has 1 unspecified atom stereocenters. The van der Waals surface area contributed by atoms with Crippen LogP contribution in [0.1, 0.15) is 30.0 Å². The summed E-state index contributed by atoms with van der Waals surface area (Å²) in [5.41, 5.74) is 9.54. The fourth-order valence-corrected chi connectivity index (χ4v) is 2.74. The second kappa shape index (κ2) is 4.71. The van der Waals surface area contributed by atoms with Gasteiger partial charge >= 0.3 is 0 Å². The maximum Gasteiger partial charge on any atom is 0.127 e. The van der Waals surface area contributed by atoms with Gasteiger partial charge in [0.25, 0.3) is 0 Å². The van der Waals surface area contributed by atoms with E-state index < -0.39 is 5.54 Å². The summed E-state index contributed by atoms with van der Waals surface area (Å²) in [6.07, 6.45) is 2.16. The van der Waals surface area contributed by atoms with E-state index in [4.69, 9.17) is 10.5 Å². The third-order valence-corrected chi connectivity index (χ3v) is 3.87. The molecule has 0 aliphatic carbocycles. The highest BCUT2D eigenvalue weighted by molar-refractivity contribution is 5.50. The summed E-state index contributed by atoms with van der Waals surface area (Å²) in [5.74, 6) is 0.989. The van der Waals surface area contributed by atoms with E-state index in [2.05, 4.69) is 37.3 Å². The van der Waals surface area contributed by atoms with E-state index in [0.29, 0.717) is 0 Å². The van der Waals surface area contributed by atoms with Gasteiger partial charge in [-0.3, -0.25) is 0 Å². The lowest BCUT2D eigenvalue weighted by Crippen LogP contribution is -2.35. The molecule has 0 bridgehead atoms. The molecule has 1 heterocycles. The fourth-order valence-electron chi connectivity index (χ4n) is 2.74. The van der Waals surface area contributed by atoms with Crippen LogP contribution in [0, 0.1) is 0 Å². The molecule has 2 nitrogen and oxygen atoms in total. The minimum Gasteiger partial charge on any atom is -0.493 e. The van der Waals surface area contributed by atoms with Crippen molar-refractivity contribution in [3.05, 3.63) is 65.2 Å². The zero-order chi connectivity index (χ0) is 13.3. The fraction of sp³-hybridized carbons (Fsp3) is 0.294. The Morgan fingerprint density at radius 3 is 2.63 bits per heavy atom. The van der Waals surface area contributed by atoms with Crippen molar-refractivity contribution in [1.82, 2.24) is 0 Å². The highest BCUT2D eigenvalue weighted by Gasteiger charge is 2.29. The summed E-state index contributed by atoms with van der Waals surface area (Å²) < 4.78 is 5.88. The molecule has 0 saturated heterocycles. The molecule has 2 aromatic rings. The predicted molar refractivity (Wildman–Crippen MR) is 77.3 cm³/mol. The molecule has 0 amide bonds. The highest BCUT2D eigenvalue weighted by Crippen LogP contribution is 2.37. The van der Waals surface area contributed by atoms with Crippen LogP contribution in [-0.4, -0.2) is 6.61 Å². The van der Waals surface area contributed by atoms with E-state index in [1.54, 1.807) is 0 Å². The molecule has 1 aliphatic heterocycles. The summed E-state index contributed by atoms with van der Waals surface area (Å²) >= 11 is 0. The molecule has 3 rings (SSSR count). The zero-order valence-corrected chi connectivity index (χ0v) is 11.2. The molecule has 0 radical (unpaired) electrons. The monoisotopic (exact) mass is 253 g/mol. The van der Waals surface area contributed by atoms with Crippen LogP contribution in [0.15, 0.2) is 48.5 Å². The quantitative estimate of drug-likeness (QED) is 0.891. The van der Waals surface area contributed by atoms with Crippen LogP contribution < -0.4 is 10.5 Å². The van der Waals surface area contributed by atoms with Gasteiger partial charge in [-0.25, -0.2) is 0 Å². The summed E-state index contributed by atoms with van der Waals surface area (Å²) in [4.78, 5) is 0. The van der Waals surface area contributed by atoms with Crippen molar-refractivity contribution in [3.8, 4) is 5.75 Å². The standard InChI is InChI=1S/C17H19NO/c1-17(18,14-9-3-2-4-10-14)15-11-5-7-13-8-6-12-19-16(13)15/h2-5,7,9-11H,6,8,12,18H2,1H3. The van der Waals surface area contributed by atoms with Crippen molar-refractivity contribution in [3.63, 3.8) is 0 Å². The Morgan fingerprint density at radius 2 is 1.84 bits per heavy atom. The Labute approximate surface area is 114 Å².